The molecule has 3 aromatic carbocycles. The average Bonchev–Trinajstić information content (AvgIpc) is 2.94. The minimum Gasteiger partial charge on any atom is -0.207 e. The van der Waals surface area contributed by atoms with Crippen LogP contribution in [0.15, 0.2) is 66.7 Å². The molecule has 1 aliphatic heterocycles. The number of aromatic nitrogens is 1. The molecular formula is C20H13FN+. The van der Waals surface area contributed by atoms with E-state index in [4.69, 9.17) is 0 Å². The van der Waals surface area contributed by atoms with Gasteiger partial charge in [-0.15, -0.1) is 0 Å². The molecule has 1 aromatic heterocycles. The normalized spacial score (nSPS) is 12.6. The van der Waals surface area contributed by atoms with Crippen molar-refractivity contribution in [1.82, 2.24) is 0 Å². The first kappa shape index (κ1) is 11.9. The number of pyridine rings is 1. The Bertz CT molecular complexity index is 1070. The lowest BCUT2D eigenvalue weighted by Gasteiger charge is -2.06. The Hall–Kier alpha value is -2.74. The van der Waals surface area contributed by atoms with Gasteiger partial charge in [-0.2, -0.15) is 4.57 Å². The average molecular weight is 286 g/mol. The van der Waals surface area contributed by atoms with Gasteiger partial charge in [0.25, 0.3) is 0 Å². The van der Waals surface area contributed by atoms with Crippen molar-refractivity contribution in [2.24, 2.45) is 0 Å². The van der Waals surface area contributed by atoms with Gasteiger partial charge in [0.1, 0.15) is 5.82 Å². The maximum absolute atomic E-state index is 13.6. The van der Waals surface area contributed by atoms with Crippen LogP contribution in [0.4, 0.5) is 4.39 Å². The van der Waals surface area contributed by atoms with Gasteiger partial charge in [-0.25, -0.2) is 4.39 Å². The summed E-state index contributed by atoms with van der Waals surface area (Å²) in [5.41, 5.74) is 4.60. The Kier molecular flexibility index (Phi) is 2.23. The van der Waals surface area contributed by atoms with Gasteiger partial charge in [0.05, 0.1) is 16.3 Å². The van der Waals surface area contributed by atoms with Gasteiger partial charge in [0, 0.05) is 17.0 Å². The highest BCUT2D eigenvalue weighted by Gasteiger charge is 2.31. The summed E-state index contributed by atoms with van der Waals surface area (Å²) in [4.78, 5) is 0. The number of hydrogen-bond donors (Lipinski definition) is 0. The largest absolute Gasteiger partial charge is 0.221 e. The Labute approximate surface area is 127 Å². The third-order valence-electron chi connectivity index (χ3n) is 4.59. The molecule has 5 rings (SSSR count). The van der Waals surface area contributed by atoms with Gasteiger partial charge in [0.2, 0.25) is 11.2 Å². The SMILES string of the molecule is Fc1ccc2c(c1)C[n+]1c-2c2ccccc2c2ccccc21. The van der Waals surface area contributed by atoms with Crippen molar-refractivity contribution in [3.63, 3.8) is 0 Å². The predicted octanol–water partition coefficient (Wildman–Crippen LogP) is 4.45. The highest BCUT2D eigenvalue weighted by atomic mass is 19.1. The zero-order chi connectivity index (χ0) is 14.7. The number of halogens is 1. The van der Waals surface area contributed by atoms with Crippen LogP contribution in [0.1, 0.15) is 5.56 Å². The van der Waals surface area contributed by atoms with Crippen molar-refractivity contribution in [2.75, 3.05) is 0 Å². The topological polar surface area (TPSA) is 3.88 Å². The van der Waals surface area contributed by atoms with E-state index in [1.165, 1.54) is 27.4 Å². The fourth-order valence-electron chi connectivity index (χ4n) is 3.68. The van der Waals surface area contributed by atoms with E-state index in [0.29, 0.717) is 0 Å². The van der Waals surface area contributed by atoms with Crippen LogP contribution in [0.3, 0.4) is 0 Å². The Morgan fingerprint density at radius 3 is 2.36 bits per heavy atom. The maximum Gasteiger partial charge on any atom is 0.221 e. The lowest BCUT2D eigenvalue weighted by molar-refractivity contribution is -0.644. The molecule has 0 unspecified atom stereocenters. The first-order valence-electron chi connectivity index (χ1n) is 7.45. The first-order valence-corrected chi connectivity index (χ1v) is 7.45. The van der Waals surface area contributed by atoms with Crippen LogP contribution in [-0.2, 0) is 6.54 Å². The second-order valence-electron chi connectivity index (χ2n) is 5.80. The van der Waals surface area contributed by atoms with Gasteiger partial charge in [-0.1, -0.05) is 30.3 Å². The molecule has 0 amide bonds. The smallest absolute Gasteiger partial charge is 0.207 e. The number of nitrogens with zero attached hydrogens (tertiary/aromatic N) is 1. The molecule has 0 aliphatic carbocycles. The molecule has 104 valence electrons. The number of fused-ring (bicyclic) bond motifs is 8. The molecule has 0 bridgehead atoms. The monoisotopic (exact) mass is 286 g/mol. The first-order chi connectivity index (χ1) is 10.8. The summed E-state index contributed by atoms with van der Waals surface area (Å²) in [7, 11) is 0. The number of benzene rings is 3. The predicted molar refractivity (Wildman–Crippen MR) is 86.1 cm³/mol. The highest BCUT2D eigenvalue weighted by molar-refractivity contribution is 6.09. The molecule has 0 atom stereocenters. The summed E-state index contributed by atoms with van der Waals surface area (Å²) in [5.74, 6) is -0.166. The lowest BCUT2D eigenvalue weighted by Crippen LogP contribution is -2.33. The number of hydrogen-bond acceptors (Lipinski definition) is 0. The molecule has 0 N–H and O–H groups in total. The minimum atomic E-state index is -0.166. The Morgan fingerprint density at radius 1 is 0.773 bits per heavy atom. The molecule has 1 nitrogen and oxygen atoms in total. The summed E-state index contributed by atoms with van der Waals surface area (Å²) in [6.45, 7) is 0.730. The molecule has 0 fully saturated rings. The summed E-state index contributed by atoms with van der Waals surface area (Å²) < 4.78 is 15.9. The van der Waals surface area contributed by atoms with Crippen LogP contribution < -0.4 is 4.57 Å². The van der Waals surface area contributed by atoms with Crippen LogP contribution in [0, 0.1) is 5.82 Å². The van der Waals surface area contributed by atoms with Crippen LogP contribution in [-0.4, -0.2) is 0 Å². The Balaban J connectivity index is 2.03. The van der Waals surface area contributed by atoms with Crippen LogP contribution >= 0.6 is 0 Å². The highest BCUT2D eigenvalue weighted by Crippen LogP contribution is 2.36. The fraction of sp³-hybridized carbons (Fsp3) is 0.0500. The third kappa shape index (κ3) is 1.44. The molecule has 0 saturated carbocycles. The van der Waals surface area contributed by atoms with E-state index in [0.717, 1.165) is 17.7 Å². The molecule has 2 heteroatoms. The van der Waals surface area contributed by atoms with Crippen LogP contribution in [0.5, 0.6) is 0 Å². The Morgan fingerprint density at radius 2 is 1.50 bits per heavy atom. The van der Waals surface area contributed by atoms with Gasteiger partial charge in [-0.3, -0.25) is 0 Å². The molecular weight excluding hydrogens is 273 g/mol. The van der Waals surface area contributed by atoms with Crippen molar-refractivity contribution < 1.29 is 8.96 Å². The second kappa shape index (κ2) is 4.14. The van der Waals surface area contributed by atoms with Crippen LogP contribution in [0.25, 0.3) is 32.9 Å². The molecule has 0 radical (unpaired) electrons. The van der Waals surface area contributed by atoms with Crippen LogP contribution in [0.2, 0.25) is 0 Å². The molecule has 0 saturated heterocycles. The number of para-hydroxylation sites is 1. The van der Waals surface area contributed by atoms with Crippen molar-refractivity contribution >= 4 is 21.7 Å². The third-order valence-corrected chi connectivity index (χ3v) is 4.59. The molecule has 2 heterocycles. The van der Waals surface area contributed by atoms with Gasteiger partial charge in [0.15, 0.2) is 6.54 Å². The van der Waals surface area contributed by atoms with Gasteiger partial charge < -0.3 is 0 Å². The van der Waals surface area contributed by atoms with Crippen molar-refractivity contribution in [3.05, 3.63) is 78.1 Å². The molecule has 22 heavy (non-hydrogen) atoms. The standard InChI is InChI=1S/C20H13FN/c21-14-9-10-15-13(11-14)12-22-19-8-4-3-6-17(19)16-5-1-2-7-18(16)20(15)22/h1-11H,12H2/q+1. The molecule has 4 aromatic rings. The van der Waals surface area contributed by atoms with E-state index in [1.54, 1.807) is 12.1 Å². The quantitative estimate of drug-likeness (QED) is 0.292. The van der Waals surface area contributed by atoms with E-state index in [1.807, 2.05) is 6.07 Å². The fourth-order valence-corrected chi connectivity index (χ4v) is 3.68. The van der Waals surface area contributed by atoms with E-state index in [9.17, 15) is 4.39 Å². The van der Waals surface area contributed by atoms with E-state index in [-0.39, 0.29) is 5.82 Å². The maximum atomic E-state index is 13.6. The van der Waals surface area contributed by atoms with Crippen molar-refractivity contribution in [2.45, 2.75) is 6.54 Å². The van der Waals surface area contributed by atoms with Crippen molar-refractivity contribution in [1.29, 1.82) is 0 Å². The van der Waals surface area contributed by atoms with E-state index >= 15 is 0 Å². The lowest BCUT2D eigenvalue weighted by atomic mass is 10.00. The van der Waals surface area contributed by atoms with E-state index in [2.05, 4.69) is 53.1 Å². The zero-order valence-electron chi connectivity index (χ0n) is 11.9. The van der Waals surface area contributed by atoms with Crippen molar-refractivity contribution in [3.8, 4) is 11.3 Å². The minimum absolute atomic E-state index is 0.166. The summed E-state index contributed by atoms with van der Waals surface area (Å²) >= 11 is 0. The molecule has 1 aliphatic rings. The summed E-state index contributed by atoms with van der Waals surface area (Å²) in [6, 6.07) is 22.0. The summed E-state index contributed by atoms with van der Waals surface area (Å²) in [5, 5.41) is 3.73. The van der Waals surface area contributed by atoms with Gasteiger partial charge >= 0.3 is 0 Å². The molecule has 0 spiro atoms. The zero-order valence-corrected chi connectivity index (χ0v) is 11.9. The van der Waals surface area contributed by atoms with E-state index < -0.39 is 0 Å². The van der Waals surface area contributed by atoms with Gasteiger partial charge in [-0.05, 0) is 30.3 Å². The number of rotatable bonds is 0. The second-order valence-corrected chi connectivity index (χ2v) is 5.80. The summed E-state index contributed by atoms with van der Waals surface area (Å²) in [6.07, 6.45) is 0.